The lowest BCUT2D eigenvalue weighted by atomic mass is 10.1. The van der Waals surface area contributed by atoms with E-state index in [4.69, 9.17) is 5.14 Å². The molecule has 0 aromatic heterocycles. The van der Waals surface area contributed by atoms with Gasteiger partial charge >= 0.3 is 0 Å². The molecule has 1 heterocycles. The third kappa shape index (κ3) is 6.13. The molecule has 0 bridgehead atoms. The molecule has 9 nitrogen and oxygen atoms in total. The van der Waals surface area contributed by atoms with Crippen LogP contribution in [0.2, 0.25) is 0 Å². The number of nitrogens with two attached hydrogens (primary N) is 1. The van der Waals surface area contributed by atoms with E-state index in [1.165, 1.54) is 17.1 Å². The summed E-state index contributed by atoms with van der Waals surface area (Å²) in [6.45, 7) is 0.492. The average molecular weight is 415 g/mol. The maximum atomic E-state index is 12.3. The first-order chi connectivity index (χ1) is 13.8. The van der Waals surface area contributed by atoms with Crippen molar-refractivity contribution in [2.75, 3.05) is 16.6 Å². The molecule has 0 atom stereocenters. The van der Waals surface area contributed by atoms with Crippen molar-refractivity contribution in [3.05, 3.63) is 60.2 Å². The van der Waals surface area contributed by atoms with Crippen LogP contribution < -0.4 is 15.2 Å². The van der Waals surface area contributed by atoms with E-state index < -0.39 is 10.2 Å². The summed E-state index contributed by atoms with van der Waals surface area (Å²) in [4.78, 5) is 24.5. The van der Waals surface area contributed by atoms with Crippen LogP contribution in [0, 0.1) is 0 Å². The second kappa shape index (κ2) is 8.84. The van der Waals surface area contributed by atoms with Gasteiger partial charge in [0.15, 0.2) is 0 Å². The highest BCUT2D eigenvalue weighted by molar-refractivity contribution is 7.90. The van der Waals surface area contributed by atoms with E-state index in [2.05, 4.69) is 15.1 Å². The van der Waals surface area contributed by atoms with Crippen LogP contribution in [0.15, 0.2) is 59.7 Å². The molecule has 2 aromatic carbocycles. The van der Waals surface area contributed by atoms with Crippen molar-refractivity contribution >= 4 is 39.1 Å². The number of benzene rings is 2. The maximum absolute atomic E-state index is 12.3. The highest BCUT2D eigenvalue weighted by atomic mass is 32.2. The Kier molecular flexibility index (Phi) is 6.25. The van der Waals surface area contributed by atoms with Crippen molar-refractivity contribution in [1.29, 1.82) is 0 Å². The van der Waals surface area contributed by atoms with Crippen molar-refractivity contribution in [2.24, 2.45) is 10.2 Å². The van der Waals surface area contributed by atoms with E-state index in [0.717, 1.165) is 11.3 Å². The molecule has 2 aromatic rings. The summed E-state index contributed by atoms with van der Waals surface area (Å²) in [7, 11) is -3.90. The normalized spacial score (nSPS) is 13.7. The number of nitrogens with zero attached hydrogens (tertiary/aromatic N) is 2. The Morgan fingerprint density at radius 3 is 2.48 bits per heavy atom. The van der Waals surface area contributed by atoms with Crippen LogP contribution in [-0.4, -0.2) is 37.5 Å². The molecule has 0 radical (unpaired) electrons. The Morgan fingerprint density at radius 1 is 1.03 bits per heavy atom. The first kappa shape index (κ1) is 20.5. The Labute approximate surface area is 168 Å². The molecule has 0 saturated heterocycles. The average Bonchev–Trinajstić information content (AvgIpc) is 3.16. The number of hydrazone groups is 1. The largest absolute Gasteiger partial charge is 0.326 e. The number of amides is 2. The summed E-state index contributed by atoms with van der Waals surface area (Å²) in [5, 5.41) is 13.3. The molecule has 152 valence electrons. The fourth-order valence-electron chi connectivity index (χ4n) is 2.87. The minimum absolute atomic E-state index is 0.0155. The summed E-state index contributed by atoms with van der Waals surface area (Å²) in [5.41, 5.74) is 2.44. The van der Waals surface area contributed by atoms with Gasteiger partial charge in [-0.1, -0.05) is 36.4 Å². The van der Waals surface area contributed by atoms with Gasteiger partial charge in [0.1, 0.15) is 0 Å². The molecule has 0 unspecified atom stereocenters. The number of hydrogen-bond acceptors (Lipinski definition) is 5. The van der Waals surface area contributed by atoms with E-state index in [-0.39, 0.29) is 30.3 Å². The van der Waals surface area contributed by atoms with Crippen LogP contribution in [0.1, 0.15) is 24.8 Å². The van der Waals surface area contributed by atoms with E-state index >= 15 is 0 Å². The Bertz CT molecular complexity index is 1040. The van der Waals surface area contributed by atoms with Gasteiger partial charge in [-0.25, -0.2) is 10.1 Å². The zero-order valence-electron chi connectivity index (χ0n) is 15.5. The lowest BCUT2D eigenvalue weighted by Crippen LogP contribution is -2.25. The molecule has 0 fully saturated rings. The number of carbonyl (C=O) groups excluding carboxylic acids is 2. The van der Waals surface area contributed by atoms with E-state index in [0.29, 0.717) is 18.7 Å². The molecule has 3 rings (SSSR count). The lowest BCUT2D eigenvalue weighted by molar-refractivity contribution is -0.132. The van der Waals surface area contributed by atoms with Crippen LogP contribution in [0.4, 0.5) is 11.4 Å². The van der Waals surface area contributed by atoms with Gasteiger partial charge in [-0.15, -0.1) is 0 Å². The van der Waals surface area contributed by atoms with Gasteiger partial charge in [0.25, 0.3) is 10.2 Å². The van der Waals surface area contributed by atoms with Gasteiger partial charge in [0, 0.05) is 24.9 Å². The molecule has 0 spiro atoms. The third-order valence-electron chi connectivity index (χ3n) is 4.17. The molecule has 2 amide bonds. The van der Waals surface area contributed by atoms with E-state index in [1.807, 2.05) is 30.3 Å². The molecule has 29 heavy (non-hydrogen) atoms. The van der Waals surface area contributed by atoms with Crippen molar-refractivity contribution in [1.82, 2.24) is 5.01 Å². The van der Waals surface area contributed by atoms with Gasteiger partial charge in [0.05, 0.1) is 17.9 Å². The van der Waals surface area contributed by atoms with E-state index in [9.17, 15) is 18.0 Å². The summed E-state index contributed by atoms with van der Waals surface area (Å²) in [5.74, 6) is -0.590. The van der Waals surface area contributed by atoms with Crippen LogP contribution in [0.25, 0.3) is 0 Å². The number of nitrogens with one attached hydrogen (secondary N) is 2. The maximum Gasteiger partial charge on any atom is 0.296 e. The first-order valence-electron chi connectivity index (χ1n) is 8.94. The fraction of sp³-hybridized carbons (Fsp3) is 0.211. The lowest BCUT2D eigenvalue weighted by Gasteiger charge is -2.11. The van der Waals surface area contributed by atoms with E-state index in [1.54, 1.807) is 12.1 Å². The predicted molar refractivity (Wildman–Crippen MR) is 110 cm³/mol. The molecule has 1 aliphatic heterocycles. The molecule has 1 aliphatic rings. The van der Waals surface area contributed by atoms with Crippen LogP contribution in [-0.2, 0) is 19.8 Å². The monoisotopic (exact) mass is 415 g/mol. The number of rotatable bonds is 7. The summed E-state index contributed by atoms with van der Waals surface area (Å²) in [6, 6.07) is 15.7. The Hall–Kier alpha value is -3.24. The molecular weight excluding hydrogens is 394 g/mol. The SMILES string of the molecule is NS(=O)(=O)Nc1cccc(NC(=O)CCC(=O)N2CCC(c3ccccc3)=N2)c1. The minimum atomic E-state index is -3.90. The fourth-order valence-corrected chi connectivity index (χ4v) is 3.32. The summed E-state index contributed by atoms with van der Waals surface area (Å²) in [6.07, 6.45) is 0.677. The predicted octanol–water partition coefficient (Wildman–Crippen LogP) is 1.66. The third-order valence-corrected chi connectivity index (χ3v) is 4.69. The summed E-state index contributed by atoms with van der Waals surface area (Å²) >= 11 is 0. The highest BCUT2D eigenvalue weighted by Crippen LogP contribution is 2.17. The number of carbonyl (C=O) groups is 2. The van der Waals surface area contributed by atoms with Crippen molar-refractivity contribution in [3.63, 3.8) is 0 Å². The zero-order valence-corrected chi connectivity index (χ0v) is 16.4. The van der Waals surface area contributed by atoms with Crippen molar-refractivity contribution < 1.29 is 18.0 Å². The van der Waals surface area contributed by atoms with Gasteiger partial charge in [-0.2, -0.15) is 13.5 Å². The molecular formula is C19H21N5O4S. The molecule has 0 aliphatic carbocycles. The highest BCUT2D eigenvalue weighted by Gasteiger charge is 2.21. The van der Waals surface area contributed by atoms with Crippen LogP contribution in [0.5, 0.6) is 0 Å². The van der Waals surface area contributed by atoms with Gasteiger partial charge in [-0.3, -0.25) is 14.3 Å². The van der Waals surface area contributed by atoms with Gasteiger partial charge in [-0.05, 0) is 23.8 Å². The quantitative estimate of drug-likeness (QED) is 0.634. The topological polar surface area (TPSA) is 134 Å². The smallest absolute Gasteiger partial charge is 0.296 e. The zero-order chi connectivity index (χ0) is 20.9. The minimum Gasteiger partial charge on any atom is -0.326 e. The van der Waals surface area contributed by atoms with Gasteiger partial charge in [0.2, 0.25) is 11.8 Å². The second-order valence-electron chi connectivity index (χ2n) is 6.46. The van der Waals surface area contributed by atoms with Crippen molar-refractivity contribution in [2.45, 2.75) is 19.3 Å². The Balaban J connectivity index is 1.51. The first-order valence-corrected chi connectivity index (χ1v) is 10.5. The second-order valence-corrected chi connectivity index (χ2v) is 7.75. The number of anilines is 2. The Morgan fingerprint density at radius 2 is 1.76 bits per heavy atom. The van der Waals surface area contributed by atoms with Crippen LogP contribution in [0.3, 0.4) is 0 Å². The summed E-state index contributed by atoms with van der Waals surface area (Å²) < 4.78 is 24.3. The number of hydrogen-bond donors (Lipinski definition) is 3. The molecule has 0 saturated carbocycles. The van der Waals surface area contributed by atoms with Gasteiger partial charge < -0.3 is 5.32 Å². The standard InChI is InChI=1S/C19H21N5O4S/c20-29(27,28)23-16-8-4-7-15(13-16)21-18(25)9-10-19(26)24-12-11-17(22-24)14-5-2-1-3-6-14/h1-8,13,23H,9-12H2,(H,21,25)(H2,20,27,28). The van der Waals surface area contributed by atoms with Crippen LogP contribution >= 0.6 is 0 Å². The molecule has 4 N–H and O–H groups in total. The molecule has 10 heteroatoms. The van der Waals surface area contributed by atoms with Crippen molar-refractivity contribution in [3.8, 4) is 0 Å².